The Kier molecular flexibility index (Phi) is 5.03. The van der Waals surface area contributed by atoms with Crippen molar-refractivity contribution >= 4 is 49.7 Å². The van der Waals surface area contributed by atoms with Crippen molar-refractivity contribution < 1.29 is 19.4 Å². The number of aliphatic hydroxyl groups is 1. The van der Waals surface area contributed by atoms with Crippen LogP contribution in [0.25, 0.3) is 10.2 Å². The first-order chi connectivity index (χ1) is 15.5. The number of Topliss-reactive ketones (excluding diaryl/α,β-unsaturated/α-hetero) is 1. The van der Waals surface area contributed by atoms with E-state index < -0.39 is 17.7 Å². The summed E-state index contributed by atoms with van der Waals surface area (Å²) in [4.78, 5) is 33.1. The molecule has 0 bridgehead atoms. The number of rotatable bonds is 5. The third kappa shape index (κ3) is 3.28. The minimum absolute atomic E-state index is 0.0693. The lowest BCUT2D eigenvalue weighted by Crippen LogP contribution is -2.30. The number of anilines is 1. The van der Waals surface area contributed by atoms with E-state index in [1.54, 1.807) is 30.7 Å². The Labute approximate surface area is 192 Å². The maximum Gasteiger partial charge on any atom is 0.296 e. The molecule has 4 aromatic rings. The van der Waals surface area contributed by atoms with Crippen LogP contribution in [0.3, 0.4) is 0 Å². The number of carbonyl (C=O) groups excluding carboxylic acids is 2. The number of hydrogen-bond donors (Lipinski definition) is 1. The summed E-state index contributed by atoms with van der Waals surface area (Å²) in [5, 5.41) is 13.0. The van der Waals surface area contributed by atoms with Gasteiger partial charge in [-0.2, -0.15) is 0 Å². The van der Waals surface area contributed by atoms with E-state index in [1.807, 2.05) is 43.3 Å². The molecule has 6 nitrogen and oxygen atoms in total. The van der Waals surface area contributed by atoms with E-state index in [4.69, 9.17) is 4.74 Å². The lowest BCUT2D eigenvalue weighted by molar-refractivity contribution is -0.117. The molecule has 2 aromatic heterocycles. The smallest absolute Gasteiger partial charge is 0.296 e. The van der Waals surface area contributed by atoms with Gasteiger partial charge in [0.1, 0.15) is 5.75 Å². The van der Waals surface area contributed by atoms with Gasteiger partial charge in [-0.05, 0) is 42.1 Å². The highest BCUT2D eigenvalue weighted by Gasteiger charge is 2.46. The van der Waals surface area contributed by atoms with Gasteiger partial charge >= 0.3 is 0 Å². The third-order valence-corrected chi connectivity index (χ3v) is 7.23. The predicted molar refractivity (Wildman–Crippen MR) is 126 cm³/mol. The van der Waals surface area contributed by atoms with Crippen LogP contribution < -0.4 is 9.64 Å². The maximum atomic E-state index is 13.3. The molecule has 1 aliphatic rings. The van der Waals surface area contributed by atoms with Crippen molar-refractivity contribution in [2.75, 3.05) is 12.0 Å². The Hall–Kier alpha value is -3.49. The van der Waals surface area contributed by atoms with Gasteiger partial charge in [0.05, 0.1) is 33.8 Å². The van der Waals surface area contributed by atoms with Crippen molar-refractivity contribution in [2.45, 2.75) is 13.0 Å². The number of amides is 1. The molecule has 1 N–H and O–H groups in total. The zero-order valence-corrected chi connectivity index (χ0v) is 18.9. The van der Waals surface area contributed by atoms with E-state index in [0.717, 1.165) is 15.8 Å². The summed E-state index contributed by atoms with van der Waals surface area (Å²) in [5.74, 6) is -0.845. The van der Waals surface area contributed by atoms with E-state index >= 15 is 0 Å². The number of thiazole rings is 1. The van der Waals surface area contributed by atoms with Gasteiger partial charge in [0, 0.05) is 0 Å². The fourth-order valence-corrected chi connectivity index (χ4v) is 5.55. The molecule has 3 heterocycles. The van der Waals surface area contributed by atoms with Crippen molar-refractivity contribution in [3.8, 4) is 5.75 Å². The molecule has 2 aromatic carbocycles. The van der Waals surface area contributed by atoms with Crippen molar-refractivity contribution in [1.82, 2.24) is 4.98 Å². The molecule has 1 aliphatic heterocycles. The zero-order valence-electron chi connectivity index (χ0n) is 17.2. The van der Waals surface area contributed by atoms with Gasteiger partial charge in [0.25, 0.3) is 5.91 Å². The average Bonchev–Trinajstić information content (AvgIpc) is 3.51. The minimum atomic E-state index is -0.778. The van der Waals surface area contributed by atoms with Crippen LogP contribution in [0, 0.1) is 6.92 Å². The van der Waals surface area contributed by atoms with Gasteiger partial charge in [0.15, 0.2) is 10.9 Å². The Balaban J connectivity index is 1.68. The summed E-state index contributed by atoms with van der Waals surface area (Å²) in [5.41, 5.74) is 2.50. The number of aliphatic hydroxyl groups excluding tert-OH is 1. The lowest BCUT2D eigenvalue weighted by Gasteiger charge is -2.24. The van der Waals surface area contributed by atoms with Crippen LogP contribution in [-0.4, -0.2) is 28.9 Å². The molecular formula is C24H18N2O4S2. The molecule has 5 rings (SSSR count). The van der Waals surface area contributed by atoms with Gasteiger partial charge in [-0.1, -0.05) is 47.2 Å². The molecular weight excluding hydrogens is 444 g/mol. The SMILES string of the molecule is COc1ccc2nc(N3C(=O)C(O)=C(C(=O)c4cccs4)C3c3cccc(C)c3)sc2c1. The number of aryl methyl sites for hydroxylation is 1. The van der Waals surface area contributed by atoms with Crippen LogP contribution in [0.5, 0.6) is 5.75 Å². The summed E-state index contributed by atoms with van der Waals surface area (Å²) in [7, 11) is 1.59. The number of nitrogens with zero attached hydrogens (tertiary/aromatic N) is 2. The number of aromatic nitrogens is 1. The van der Waals surface area contributed by atoms with Crippen molar-refractivity contribution in [3.63, 3.8) is 0 Å². The number of methoxy groups -OCH3 is 1. The minimum Gasteiger partial charge on any atom is -0.503 e. The lowest BCUT2D eigenvalue weighted by atomic mass is 9.94. The van der Waals surface area contributed by atoms with Gasteiger partial charge < -0.3 is 9.84 Å². The fraction of sp³-hybridized carbons (Fsp3) is 0.125. The van der Waals surface area contributed by atoms with E-state index in [-0.39, 0.29) is 11.4 Å². The quantitative estimate of drug-likeness (QED) is 0.399. The average molecular weight is 463 g/mol. The number of ketones is 1. The number of carbonyl (C=O) groups is 2. The molecule has 1 atom stereocenters. The second kappa shape index (κ2) is 7.89. The van der Waals surface area contributed by atoms with E-state index in [0.29, 0.717) is 21.3 Å². The molecule has 0 radical (unpaired) electrons. The highest BCUT2D eigenvalue weighted by molar-refractivity contribution is 7.22. The number of hydrogen-bond acceptors (Lipinski definition) is 7. The van der Waals surface area contributed by atoms with Crippen LogP contribution in [0.15, 0.2) is 71.3 Å². The van der Waals surface area contributed by atoms with E-state index in [9.17, 15) is 14.7 Å². The van der Waals surface area contributed by atoms with Crippen LogP contribution >= 0.6 is 22.7 Å². The van der Waals surface area contributed by atoms with Crippen molar-refractivity contribution in [1.29, 1.82) is 0 Å². The summed E-state index contributed by atoms with van der Waals surface area (Å²) in [6.45, 7) is 1.94. The highest BCUT2D eigenvalue weighted by atomic mass is 32.1. The second-order valence-corrected chi connectivity index (χ2v) is 9.35. The number of fused-ring (bicyclic) bond motifs is 1. The monoisotopic (exact) mass is 462 g/mol. The third-order valence-electron chi connectivity index (χ3n) is 5.35. The van der Waals surface area contributed by atoms with Crippen molar-refractivity contribution in [3.05, 3.63) is 87.3 Å². The Morgan fingerprint density at radius 3 is 2.72 bits per heavy atom. The first-order valence-electron chi connectivity index (χ1n) is 9.84. The number of benzene rings is 2. The molecule has 1 unspecified atom stereocenters. The summed E-state index contributed by atoms with van der Waals surface area (Å²) >= 11 is 2.59. The highest BCUT2D eigenvalue weighted by Crippen LogP contribution is 2.44. The molecule has 160 valence electrons. The second-order valence-electron chi connectivity index (χ2n) is 7.39. The molecule has 0 saturated heterocycles. The molecule has 8 heteroatoms. The first kappa shape index (κ1) is 20.4. The van der Waals surface area contributed by atoms with Gasteiger partial charge in [-0.15, -0.1) is 11.3 Å². The Bertz CT molecular complexity index is 1390. The molecule has 0 fully saturated rings. The molecule has 1 amide bonds. The van der Waals surface area contributed by atoms with Crippen molar-refractivity contribution in [2.24, 2.45) is 0 Å². The summed E-state index contributed by atoms with van der Waals surface area (Å²) < 4.78 is 6.14. The molecule has 0 saturated carbocycles. The van der Waals surface area contributed by atoms with Gasteiger partial charge in [0.2, 0.25) is 5.78 Å². The predicted octanol–water partition coefficient (Wildman–Crippen LogP) is 5.46. The van der Waals surface area contributed by atoms with Crippen LogP contribution in [0.2, 0.25) is 0 Å². The first-order valence-corrected chi connectivity index (χ1v) is 11.5. The fourth-order valence-electron chi connectivity index (χ4n) is 3.85. The molecule has 0 aliphatic carbocycles. The van der Waals surface area contributed by atoms with Gasteiger partial charge in [-0.3, -0.25) is 14.5 Å². The topological polar surface area (TPSA) is 79.7 Å². The van der Waals surface area contributed by atoms with Crippen LogP contribution in [-0.2, 0) is 4.79 Å². The molecule has 32 heavy (non-hydrogen) atoms. The standard InChI is InChI=1S/C24H18N2O4S2/c1-13-5-3-6-14(11-13)20-19(21(27)17-7-4-10-31-17)22(28)23(29)26(20)24-25-16-9-8-15(30-2)12-18(16)32-24/h3-12,20,28H,1-2H3. The molecule has 0 spiro atoms. The number of thiophene rings is 1. The Morgan fingerprint density at radius 2 is 2.00 bits per heavy atom. The van der Waals surface area contributed by atoms with Crippen LogP contribution in [0.4, 0.5) is 5.13 Å². The number of ether oxygens (including phenoxy) is 1. The summed E-state index contributed by atoms with van der Waals surface area (Å²) in [6, 6.07) is 15.8. The normalized spacial score (nSPS) is 16.2. The van der Waals surface area contributed by atoms with Gasteiger partial charge in [-0.25, -0.2) is 4.98 Å². The summed E-state index contributed by atoms with van der Waals surface area (Å²) in [6.07, 6.45) is 0. The van der Waals surface area contributed by atoms with E-state index in [1.165, 1.54) is 27.6 Å². The largest absolute Gasteiger partial charge is 0.503 e. The zero-order chi connectivity index (χ0) is 22.4. The maximum absolute atomic E-state index is 13.3. The Morgan fingerprint density at radius 1 is 1.16 bits per heavy atom. The van der Waals surface area contributed by atoms with Crippen LogP contribution in [0.1, 0.15) is 26.8 Å². The van der Waals surface area contributed by atoms with E-state index in [2.05, 4.69) is 4.98 Å².